The Balaban J connectivity index is 0.00000176. The topological polar surface area (TPSA) is 50.2 Å². The van der Waals surface area contributed by atoms with Crippen molar-refractivity contribution < 1.29 is 4.79 Å². The average Bonchev–Trinajstić information content (AvgIpc) is 2.97. The van der Waals surface area contributed by atoms with Gasteiger partial charge in [-0.1, -0.05) is 15.9 Å². The Hall–Kier alpha value is -1.37. The number of piperazine rings is 1. The van der Waals surface area contributed by atoms with Crippen LogP contribution in [0.3, 0.4) is 0 Å². The van der Waals surface area contributed by atoms with E-state index in [2.05, 4.69) is 33.2 Å². The van der Waals surface area contributed by atoms with Crippen LogP contribution in [0.4, 0.5) is 0 Å². The molecule has 1 amide bonds. The first kappa shape index (κ1) is 17.0. The second-order valence-corrected chi connectivity index (χ2v) is 6.16. The van der Waals surface area contributed by atoms with Crippen LogP contribution in [0.5, 0.6) is 0 Å². The van der Waals surface area contributed by atoms with Crippen LogP contribution in [0, 0.1) is 0 Å². The molecule has 0 unspecified atom stereocenters. The van der Waals surface area contributed by atoms with E-state index < -0.39 is 0 Å². The fourth-order valence-corrected chi connectivity index (χ4v) is 2.73. The van der Waals surface area contributed by atoms with E-state index in [1.165, 1.54) is 0 Å². The molecule has 0 aliphatic carbocycles. The van der Waals surface area contributed by atoms with E-state index in [4.69, 9.17) is 0 Å². The molecule has 1 atom stereocenters. The summed E-state index contributed by atoms with van der Waals surface area (Å²) in [4.78, 5) is 18.6. The molecule has 1 aromatic heterocycles. The molecule has 1 fully saturated rings. The Kier molecular flexibility index (Phi) is 5.61. The number of benzene rings is 1. The molecule has 0 spiro atoms. The molecule has 1 N–H and O–H groups in total. The number of hydrogen-bond acceptors (Lipinski definition) is 3. The van der Waals surface area contributed by atoms with Crippen molar-refractivity contribution in [1.29, 1.82) is 0 Å². The molecular weight excluding hydrogens is 368 g/mol. The molecule has 0 saturated carbocycles. The number of carbonyl (C=O) groups is 1. The van der Waals surface area contributed by atoms with Crippen molar-refractivity contribution in [3.05, 3.63) is 47.0 Å². The Morgan fingerprint density at radius 3 is 2.77 bits per heavy atom. The molecule has 118 valence electrons. The zero-order valence-corrected chi connectivity index (χ0v) is 14.6. The Morgan fingerprint density at radius 2 is 2.09 bits per heavy atom. The van der Waals surface area contributed by atoms with E-state index in [1.54, 1.807) is 12.5 Å². The van der Waals surface area contributed by atoms with Crippen LogP contribution in [0.2, 0.25) is 0 Å². The predicted molar refractivity (Wildman–Crippen MR) is 91.9 cm³/mol. The lowest BCUT2D eigenvalue weighted by Gasteiger charge is -2.31. The smallest absolute Gasteiger partial charge is 0.274 e. The van der Waals surface area contributed by atoms with Gasteiger partial charge in [0.25, 0.3) is 5.91 Å². The van der Waals surface area contributed by atoms with Crippen LogP contribution in [0.15, 0.2) is 41.3 Å². The van der Waals surface area contributed by atoms with Crippen molar-refractivity contribution in [2.45, 2.75) is 13.0 Å². The van der Waals surface area contributed by atoms with Crippen molar-refractivity contribution in [3.8, 4) is 5.69 Å². The maximum absolute atomic E-state index is 12.5. The Morgan fingerprint density at radius 1 is 1.36 bits per heavy atom. The van der Waals surface area contributed by atoms with Gasteiger partial charge >= 0.3 is 0 Å². The van der Waals surface area contributed by atoms with Gasteiger partial charge in [-0.05, 0) is 31.2 Å². The molecule has 1 aromatic carbocycles. The number of imidazole rings is 1. The fourth-order valence-electron chi connectivity index (χ4n) is 2.47. The van der Waals surface area contributed by atoms with Crippen molar-refractivity contribution in [3.63, 3.8) is 0 Å². The van der Waals surface area contributed by atoms with Gasteiger partial charge in [0.05, 0.1) is 0 Å². The summed E-state index contributed by atoms with van der Waals surface area (Å²) in [6.07, 6.45) is 3.47. The number of rotatable bonds is 2. The lowest BCUT2D eigenvalue weighted by atomic mass is 10.2. The number of aromatic nitrogens is 2. The van der Waals surface area contributed by atoms with Crippen LogP contribution in [-0.2, 0) is 0 Å². The van der Waals surface area contributed by atoms with E-state index in [-0.39, 0.29) is 18.3 Å². The molecule has 2 aromatic rings. The summed E-state index contributed by atoms with van der Waals surface area (Å²) in [5.74, 6) is -0.000730. The van der Waals surface area contributed by atoms with Crippen LogP contribution < -0.4 is 5.32 Å². The summed E-state index contributed by atoms with van der Waals surface area (Å²) in [6, 6.07) is 8.22. The van der Waals surface area contributed by atoms with Crippen molar-refractivity contribution in [2.24, 2.45) is 0 Å². The maximum Gasteiger partial charge on any atom is 0.274 e. The van der Waals surface area contributed by atoms with E-state index in [9.17, 15) is 4.79 Å². The molecule has 7 heteroatoms. The molecule has 1 saturated heterocycles. The van der Waals surface area contributed by atoms with Gasteiger partial charge < -0.3 is 14.8 Å². The molecular formula is C15H18BrClN4O. The quantitative estimate of drug-likeness (QED) is 0.864. The van der Waals surface area contributed by atoms with Gasteiger partial charge in [-0.3, -0.25) is 4.79 Å². The van der Waals surface area contributed by atoms with Gasteiger partial charge in [-0.25, -0.2) is 4.98 Å². The second-order valence-electron chi connectivity index (χ2n) is 5.25. The highest BCUT2D eigenvalue weighted by Crippen LogP contribution is 2.15. The van der Waals surface area contributed by atoms with Crippen molar-refractivity contribution in [2.75, 3.05) is 19.6 Å². The first-order chi connectivity index (χ1) is 10.1. The number of carbonyl (C=O) groups excluding carboxylic acids is 1. The molecule has 3 rings (SSSR count). The number of halogens is 2. The molecule has 2 heterocycles. The summed E-state index contributed by atoms with van der Waals surface area (Å²) in [7, 11) is 0. The Labute approximate surface area is 144 Å². The minimum Gasteiger partial charge on any atom is -0.334 e. The fraction of sp³-hybridized carbons (Fsp3) is 0.333. The molecule has 1 aliphatic heterocycles. The van der Waals surface area contributed by atoms with Crippen molar-refractivity contribution in [1.82, 2.24) is 19.8 Å². The van der Waals surface area contributed by atoms with E-state index in [0.29, 0.717) is 11.7 Å². The summed E-state index contributed by atoms with van der Waals surface area (Å²) in [6.45, 7) is 4.37. The molecule has 0 radical (unpaired) electrons. The largest absolute Gasteiger partial charge is 0.334 e. The first-order valence-corrected chi connectivity index (χ1v) is 7.75. The minimum absolute atomic E-state index is 0. The van der Waals surface area contributed by atoms with Gasteiger partial charge in [-0.2, -0.15) is 0 Å². The number of amides is 1. The highest BCUT2D eigenvalue weighted by atomic mass is 79.9. The SMILES string of the molecule is C[C@@H]1CN(C(=O)c2cn(-c3ccc(Br)cc3)cn2)CCN1.Cl. The second kappa shape index (κ2) is 7.26. The molecule has 5 nitrogen and oxygen atoms in total. The average molecular weight is 386 g/mol. The normalized spacial score (nSPS) is 17.9. The highest BCUT2D eigenvalue weighted by molar-refractivity contribution is 9.10. The number of nitrogens with one attached hydrogen (secondary N) is 1. The first-order valence-electron chi connectivity index (χ1n) is 6.96. The van der Waals surface area contributed by atoms with Crippen molar-refractivity contribution >= 4 is 34.2 Å². The van der Waals surface area contributed by atoms with Gasteiger partial charge in [0, 0.05) is 42.0 Å². The lowest BCUT2D eigenvalue weighted by molar-refractivity contribution is 0.0703. The van der Waals surface area contributed by atoms with E-state index in [1.807, 2.05) is 33.7 Å². The van der Waals surface area contributed by atoms with Crippen LogP contribution >= 0.6 is 28.3 Å². The lowest BCUT2D eigenvalue weighted by Crippen LogP contribution is -2.51. The zero-order chi connectivity index (χ0) is 14.8. The summed E-state index contributed by atoms with van der Waals surface area (Å²) < 4.78 is 2.89. The zero-order valence-electron chi connectivity index (χ0n) is 12.2. The summed E-state index contributed by atoms with van der Waals surface area (Å²) >= 11 is 3.41. The Bertz CT molecular complexity index is 643. The number of hydrogen-bond donors (Lipinski definition) is 1. The summed E-state index contributed by atoms with van der Waals surface area (Å²) in [5, 5.41) is 3.33. The van der Waals surface area contributed by atoms with E-state index in [0.717, 1.165) is 29.8 Å². The van der Waals surface area contributed by atoms with Gasteiger partial charge in [0.1, 0.15) is 12.0 Å². The third kappa shape index (κ3) is 3.69. The molecule has 22 heavy (non-hydrogen) atoms. The summed E-state index contributed by atoms with van der Waals surface area (Å²) in [5.41, 5.74) is 1.48. The molecule has 1 aliphatic rings. The van der Waals surface area contributed by atoms with Gasteiger partial charge in [-0.15, -0.1) is 12.4 Å². The maximum atomic E-state index is 12.5. The molecule has 0 bridgehead atoms. The van der Waals surface area contributed by atoms with Crippen LogP contribution in [0.1, 0.15) is 17.4 Å². The standard InChI is InChI=1S/C15H17BrN4O.ClH/c1-11-8-19(7-6-17-11)15(21)14-9-20(10-18-14)13-4-2-12(16)3-5-13;/h2-5,9-11,17H,6-8H2,1H3;1H/t11-;/m1./s1. The highest BCUT2D eigenvalue weighted by Gasteiger charge is 2.23. The number of nitrogens with zero attached hydrogens (tertiary/aromatic N) is 3. The predicted octanol–water partition coefficient (Wildman–Crippen LogP) is 2.49. The monoisotopic (exact) mass is 384 g/mol. The third-order valence-electron chi connectivity index (χ3n) is 3.58. The minimum atomic E-state index is -0.000730. The van der Waals surface area contributed by atoms with E-state index >= 15 is 0 Å². The third-order valence-corrected chi connectivity index (χ3v) is 4.11. The van der Waals surface area contributed by atoms with Gasteiger partial charge in [0.2, 0.25) is 0 Å². The van der Waals surface area contributed by atoms with Crippen LogP contribution in [-0.4, -0.2) is 46.0 Å². The van der Waals surface area contributed by atoms with Crippen LogP contribution in [0.25, 0.3) is 5.69 Å². The van der Waals surface area contributed by atoms with Gasteiger partial charge in [0.15, 0.2) is 0 Å².